The first-order chi connectivity index (χ1) is 8.50. The molecule has 1 heterocycles. The SMILES string of the molecule is Cc1ccc(C(O)c2ncnn2C(C)C)cc1Br. The third-order valence-corrected chi connectivity index (χ3v) is 3.70. The highest BCUT2D eigenvalue weighted by Gasteiger charge is 2.19. The topological polar surface area (TPSA) is 50.9 Å². The van der Waals surface area contributed by atoms with Gasteiger partial charge in [0.2, 0.25) is 0 Å². The molecule has 1 aromatic carbocycles. The predicted molar refractivity (Wildman–Crippen MR) is 73.3 cm³/mol. The Morgan fingerprint density at radius 2 is 2.06 bits per heavy atom. The molecule has 0 aliphatic heterocycles. The third-order valence-electron chi connectivity index (χ3n) is 2.85. The second kappa shape index (κ2) is 5.20. The number of aliphatic hydroxyl groups excluding tert-OH is 1. The van der Waals surface area contributed by atoms with Crippen LogP contribution in [0.5, 0.6) is 0 Å². The Labute approximate surface area is 115 Å². The Balaban J connectivity index is 2.38. The summed E-state index contributed by atoms with van der Waals surface area (Å²) < 4.78 is 2.72. The first-order valence-corrected chi connectivity index (χ1v) is 6.63. The number of aryl methyl sites for hydroxylation is 1. The minimum Gasteiger partial charge on any atom is -0.380 e. The van der Waals surface area contributed by atoms with Gasteiger partial charge in [0.05, 0.1) is 0 Å². The van der Waals surface area contributed by atoms with Crippen LogP contribution in [0.25, 0.3) is 0 Å². The highest BCUT2D eigenvalue weighted by Crippen LogP contribution is 2.26. The van der Waals surface area contributed by atoms with Gasteiger partial charge >= 0.3 is 0 Å². The van der Waals surface area contributed by atoms with Gasteiger partial charge in [-0.25, -0.2) is 9.67 Å². The van der Waals surface area contributed by atoms with Crippen molar-refractivity contribution < 1.29 is 5.11 Å². The molecule has 1 atom stereocenters. The van der Waals surface area contributed by atoms with Crippen LogP contribution in [0.4, 0.5) is 0 Å². The number of rotatable bonds is 3. The van der Waals surface area contributed by atoms with Gasteiger partial charge in [-0.15, -0.1) is 0 Å². The number of nitrogens with zero attached hydrogens (tertiary/aromatic N) is 3. The summed E-state index contributed by atoms with van der Waals surface area (Å²) in [7, 11) is 0. The van der Waals surface area contributed by atoms with Gasteiger partial charge < -0.3 is 5.11 Å². The van der Waals surface area contributed by atoms with E-state index in [9.17, 15) is 5.11 Å². The summed E-state index contributed by atoms with van der Waals surface area (Å²) in [6.45, 7) is 6.03. The fourth-order valence-electron chi connectivity index (χ4n) is 1.78. The summed E-state index contributed by atoms with van der Waals surface area (Å²) in [4.78, 5) is 4.15. The van der Waals surface area contributed by atoms with Crippen LogP contribution in [0.15, 0.2) is 29.0 Å². The van der Waals surface area contributed by atoms with Crippen molar-refractivity contribution in [3.8, 4) is 0 Å². The molecule has 96 valence electrons. The lowest BCUT2D eigenvalue weighted by Crippen LogP contribution is -2.13. The van der Waals surface area contributed by atoms with Gasteiger partial charge in [-0.05, 0) is 38.0 Å². The fourth-order valence-corrected chi connectivity index (χ4v) is 2.18. The molecular formula is C13H16BrN3O. The van der Waals surface area contributed by atoms with Gasteiger partial charge in [0.1, 0.15) is 12.4 Å². The largest absolute Gasteiger partial charge is 0.380 e. The molecule has 1 N–H and O–H groups in total. The van der Waals surface area contributed by atoms with Crippen LogP contribution in [0.2, 0.25) is 0 Å². The van der Waals surface area contributed by atoms with Crippen molar-refractivity contribution in [2.45, 2.75) is 32.9 Å². The van der Waals surface area contributed by atoms with E-state index in [1.54, 1.807) is 4.68 Å². The fraction of sp³-hybridized carbons (Fsp3) is 0.385. The lowest BCUT2D eigenvalue weighted by Gasteiger charge is -2.15. The van der Waals surface area contributed by atoms with Crippen LogP contribution in [-0.4, -0.2) is 19.9 Å². The maximum absolute atomic E-state index is 10.4. The van der Waals surface area contributed by atoms with Gasteiger partial charge in [-0.1, -0.05) is 28.1 Å². The van der Waals surface area contributed by atoms with Crippen molar-refractivity contribution in [1.29, 1.82) is 0 Å². The van der Waals surface area contributed by atoms with E-state index in [1.165, 1.54) is 6.33 Å². The number of aromatic nitrogens is 3. The lowest BCUT2D eigenvalue weighted by molar-refractivity contribution is 0.199. The standard InChI is InChI=1S/C13H16BrN3O/c1-8(2)17-13(15-7-16-17)12(18)10-5-4-9(3)11(14)6-10/h4-8,12,18H,1-3H3. The van der Waals surface area contributed by atoms with Crippen molar-refractivity contribution >= 4 is 15.9 Å². The summed E-state index contributed by atoms with van der Waals surface area (Å²) in [6.07, 6.45) is 0.716. The van der Waals surface area contributed by atoms with E-state index in [0.29, 0.717) is 5.82 Å². The molecule has 2 aromatic rings. The zero-order chi connectivity index (χ0) is 13.3. The third kappa shape index (κ3) is 2.47. The smallest absolute Gasteiger partial charge is 0.160 e. The highest BCUT2D eigenvalue weighted by molar-refractivity contribution is 9.10. The van der Waals surface area contributed by atoms with Crippen molar-refractivity contribution in [1.82, 2.24) is 14.8 Å². The number of hydrogen-bond donors (Lipinski definition) is 1. The van der Waals surface area contributed by atoms with Gasteiger partial charge in [0.15, 0.2) is 5.82 Å². The Kier molecular flexibility index (Phi) is 3.82. The van der Waals surface area contributed by atoms with Crippen LogP contribution in [0, 0.1) is 6.92 Å². The molecule has 0 spiro atoms. The highest BCUT2D eigenvalue weighted by atomic mass is 79.9. The minimum absolute atomic E-state index is 0.172. The van der Waals surface area contributed by atoms with Gasteiger partial charge in [-0.3, -0.25) is 0 Å². The molecule has 4 nitrogen and oxygen atoms in total. The molecule has 0 saturated heterocycles. The van der Waals surface area contributed by atoms with Crippen LogP contribution < -0.4 is 0 Å². The number of benzene rings is 1. The van der Waals surface area contributed by atoms with E-state index in [1.807, 2.05) is 39.0 Å². The second-order valence-corrected chi connectivity index (χ2v) is 5.42. The average Bonchev–Trinajstić information content (AvgIpc) is 2.81. The molecule has 1 aromatic heterocycles. The van der Waals surface area contributed by atoms with E-state index in [0.717, 1.165) is 15.6 Å². The molecule has 0 amide bonds. The van der Waals surface area contributed by atoms with Crippen LogP contribution in [0.3, 0.4) is 0 Å². The lowest BCUT2D eigenvalue weighted by atomic mass is 10.1. The van der Waals surface area contributed by atoms with E-state index < -0.39 is 6.10 Å². The zero-order valence-electron chi connectivity index (χ0n) is 10.6. The number of halogens is 1. The van der Waals surface area contributed by atoms with E-state index in [2.05, 4.69) is 26.0 Å². The maximum Gasteiger partial charge on any atom is 0.160 e. The summed E-state index contributed by atoms with van der Waals surface area (Å²) in [6, 6.07) is 5.97. The van der Waals surface area contributed by atoms with Crippen LogP contribution >= 0.6 is 15.9 Å². The molecule has 1 unspecified atom stereocenters. The minimum atomic E-state index is -0.758. The second-order valence-electron chi connectivity index (χ2n) is 4.57. The van der Waals surface area contributed by atoms with Crippen molar-refractivity contribution in [3.63, 3.8) is 0 Å². The quantitative estimate of drug-likeness (QED) is 0.948. The summed E-state index contributed by atoms with van der Waals surface area (Å²) in [5.74, 6) is 0.570. The molecule has 5 heteroatoms. The molecule has 0 saturated carbocycles. The Morgan fingerprint density at radius 1 is 1.33 bits per heavy atom. The Morgan fingerprint density at radius 3 is 2.67 bits per heavy atom. The van der Waals surface area contributed by atoms with Gasteiger partial charge in [0.25, 0.3) is 0 Å². The normalized spacial score (nSPS) is 13.0. The van der Waals surface area contributed by atoms with Crippen LogP contribution in [0.1, 0.15) is 42.9 Å². The van der Waals surface area contributed by atoms with Crippen molar-refractivity contribution in [2.75, 3.05) is 0 Å². The van der Waals surface area contributed by atoms with Crippen molar-refractivity contribution in [3.05, 3.63) is 46.0 Å². The first kappa shape index (κ1) is 13.2. The molecule has 2 rings (SSSR count). The molecule has 18 heavy (non-hydrogen) atoms. The summed E-state index contributed by atoms with van der Waals surface area (Å²) >= 11 is 3.47. The Bertz CT molecular complexity index is 551. The predicted octanol–water partition coefficient (Wildman–Crippen LogP) is 3.01. The number of aliphatic hydroxyl groups is 1. The molecule has 0 fully saturated rings. The van der Waals surface area contributed by atoms with Gasteiger partial charge in [0, 0.05) is 10.5 Å². The van der Waals surface area contributed by atoms with E-state index in [4.69, 9.17) is 0 Å². The molecule has 0 aliphatic rings. The molecule has 0 radical (unpaired) electrons. The monoisotopic (exact) mass is 309 g/mol. The van der Waals surface area contributed by atoms with Gasteiger partial charge in [-0.2, -0.15) is 5.10 Å². The molecule has 0 bridgehead atoms. The molecular weight excluding hydrogens is 294 g/mol. The Hall–Kier alpha value is -1.20. The van der Waals surface area contributed by atoms with E-state index in [-0.39, 0.29) is 6.04 Å². The van der Waals surface area contributed by atoms with Crippen LogP contribution in [-0.2, 0) is 0 Å². The zero-order valence-corrected chi connectivity index (χ0v) is 12.2. The average molecular weight is 310 g/mol. The number of hydrogen-bond acceptors (Lipinski definition) is 3. The first-order valence-electron chi connectivity index (χ1n) is 5.84. The van der Waals surface area contributed by atoms with Crippen molar-refractivity contribution in [2.24, 2.45) is 0 Å². The van der Waals surface area contributed by atoms with E-state index >= 15 is 0 Å². The maximum atomic E-state index is 10.4. The summed E-state index contributed by atoms with van der Waals surface area (Å²) in [5, 5.41) is 14.5. The summed E-state index contributed by atoms with van der Waals surface area (Å²) in [5.41, 5.74) is 1.94. The molecule has 0 aliphatic carbocycles.